The molecule has 0 aromatic carbocycles. The number of carbonyl (C=O) groups is 1. The largest absolute Gasteiger partial charge is 0.309 e. The van der Waals surface area contributed by atoms with Gasteiger partial charge in [-0.1, -0.05) is 6.92 Å². The Bertz CT molecular complexity index is 345. The minimum absolute atomic E-state index is 0.216. The molecular formula is C10H15N3O. The van der Waals surface area contributed by atoms with Gasteiger partial charge in [0.25, 0.3) is 0 Å². The van der Waals surface area contributed by atoms with Crippen LogP contribution in [0.5, 0.6) is 0 Å². The Labute approximate surface area is 83.5 Å². The molecule has 4 heteroatoms. The first kappa shape index (κ1) is 9.24. The summed E-state index contributed by atoms with van der Waals surface area (Å²) in [6.07, 6.45) is 4.35. The van der Waals surface area contributed by atoms with E-state index in [2.05, 4.69) is 12.0 Å². The Morgan fingerprint density at radius 3 is 2.93 bits per heavy atom. The number of anilines is 1. The molecule has 2 rings (SSSR count). The Balaban J connectivity index is 2.18. The lowest BCUT2D eigenvalue weighted by molar-refractivity contribution is -0.117. The maximum Gasteiger partial charge on any atom is 0.227 e. The topological polar surface area (TPSA) is 38.1 Å². The molecular weight excluding hydrogens is 178 g/mol. The summed E-state index contributed by atoms with van der Waals surface area (Å²) in [6, 6.07) is 0. The Morgan fingerprint density at radius 1 is 1.64 bits per heavy atom. The molecule has 0 N–H and O–H groups in total. The van der Waals surface area contributed by atoms with Gasteiger partial charge in [-0.25, -0.2) is 0 Å². The number of nitrogens with zero attached hydrogens (tertiary/aromatic N) is 3. The maximum atomic E-state index is 11.6. The van der Waals surface area contributed by atoms with E-state index in [-0.39, 0.29) is 5.91 Å². The van der Waals surface area contributed by atoms with E-state index in [0.29, 0.717) is 12.3 Å². The highest BCUT2D eigenvalue weighted by molar-refractivity contribution is 5.95. The van der Waals surface area contributed by atoms with Crippen molar-refractivity contribution in [1.29, 1.82) is 0 Å². The average molecular weight is 193 g/mol. The molecule has 1 atom stereocenters. The summed E-state index contributed by atoms with van der Waals surface area (Å²) in [5, 5.41) is 4.16. The lowest BCUT2D eigenvalue weighted by atomic mass is 10.2. The van der Waals surface area contributed by atoms with Crippen molar-refractivity contribution in [2.75, 3.05) is 11.4 Å². The van der Waals surface area contributed by atoms with Gasteiger partial charge < -0.3 is 4.90 Å². The van der Waals surface area contributed by atoms with Crippen LogP contribution in [0.25, 0.3) is 0 Å². The van der Waals surface area contributed by atoms with Crippen LogP contribution in [0.15, 0.2) is 12.4 Å². The summed E-state index contributed by atoms with van der Waals surface area (Å²) in [7, 11) is 0. The fourth-order valence-corrected chi connectivity index (χ4v) is 1.80. The van der Waals surface area contributed by atoms with E-state index in [4.69, 9.17) is 0 Å². The Morgan fingerprint density at radius 2 is 2.43 bits per heavy atom. The predicted molar refractivity (Wildman–Crippen MR) is 54.0 cm³/mol. The van der Waals surface area contributed by atoms with Crippen LogP contribution in [0, 0.1) is 5.92 Å². The smallest absolute Gasteiger partial charge is 0.227 e. The van der Waals surface area contributed by atoms with E-state index in [1.807, 2.05) is 22.7 Å². The van der Waals surface area contributed by atoms with E-state index in [1.165, 1.54) is 0 Å². The van der Waals surface area contributed by atoms with Gasteiger partial charge in [-0.2, -0.15) is 5.10 Å². The molecule has 0 aliphatic carbocycles. The average Bonchev–Trinajstić information content (AvgIpc) is 2.71. The summed E-state index contributed by atoms with van der Waals surface area (Å²) >= 11 is 0. The second kappa shape index (κ2) is 3.44. The number of carbonyl (C=O) groups excluding carboxylic acids is 1. The molecule has 4 nitrogen and oxygen atoms in total. The van der Waals surface area contributed by atoms with Crippen molar-refractivity contribution in [2.45, 2.75) is 26.8 Å². The van der Waals surface area contributed by atoms with Crippen LogP contribution < -0.4 is 4.90 Å². The standard InChI is InChI=1S/C10H15N3O/c1-3-12-7-9(5-11-12)13-6-8(2)4-10(13)14/h5,7-8H,3-4,6H2,1-2H3. The molecule has 1 aliphatic heterocycles. The quantitative estimate of drug-likeness (QED) is 0.709. The van der Waals surface area contributed by atoms with E-state index in [9.17, 15) is 4.79 Å². The van der Waals surface area contributed by atoms with E-state index < -0.39 is 0 Å². The third kappa shape index (κ3) is 1.52. The molecule has 0 bridgehead atoms. The molecule has 76 valence electrons. The first-order chi connectivity index (χ1) is 6.70. The lowest BCUT2D eigenvalue weighted by Gasteiger charge is -2.12. The van der Waals surface area contributed by atoms with Crippen LogP contribution >= 0.6 is 0 Å². The van der Waals surface area contributed by atoms with E-state index in [1.54, 1.807) is 6.20 Å². The molecule has 1 fully saturated rings. The molecule has 0 radical (unpaired) electrons. The van der Waals surface area contributed by atoms with Gasteiger partial charge in [0, 0.05) is 25.7 Å². The zero-order valence-corrected chi connectivity index (χ0v) is 8.60. The molecule has 1 saturated heterocycles. The first-order valence-corrected chi connectivity index (χ1v) is 5.03. The van der Waals surface area contributed by atoms with Crippen molar-refractivity contribution in [3.05, 3.63) is 12.4 Å². The van der Waals surface area contributed by atoms with Crippen LogP contribution in [0.4, 0.5) is 5.69 Å². The molecule has 1 amide bonds. The molecule has 14 heavy (non-hydrogen) atoms. The van der Waals surface area contributed by atoms with Gasteiger partial charge in [-0.3, -0.25) is 9.48 Å². The Kier molecular flexibility index (Phi) is 2.27. The monoisotopic (exact) mass is 193 g/mol. The number of aromatic nitrogens is 2. The van der Waals surface area contributed by atoms with Crippen LogP contribution in [0.2, 0.25) is 0 Å². The number of hydrogen-bond donors (Lipinski definition) is 0. The first-order valence-electron chi connectivity index (χ1n) is 5.03. The summed E-state index contributed by atoms with van der Waals surface area (Å²) in [5.74, 6) is 0.681. The highest BCUT2D eigenvalue weighted by atomic mass is 16.2. The predicted octanol–water partition coefficient (Wildman–Crippen LogP) is 1.28. The molecule has 1 aromatic heterocycles. The molecule has 0 saturated carbocycles. The van der Waals surface area contributed by atoms with Gasteiger partial charge in [0.05, 0.1) is 11.9 Å². The fraction of sp³-hybridized carbons (Fsp3) is 0.600. The normalized spacial score (nSPS) is 22.0. The van der Waals surface area contributed by atoms with Crippen molar-refractivity contribution >= 4 is 11.6 Å². The summed E-state index contributed by atoms with van der Waals surface area (Å²) in [4.78, 5) is 13.4. The minimum Gasteiger partial charge on any atom is -0.309 e. The van der Waals surface area contributed by atoms with Crippen LogP contribution in [-0.4, -0.2) is 22.2 Å². The van der Waals surface area contributed by atoms with Gasteiger partial charge in [0.1, 0.15) is 0 Å². The fourth-order valence-electron chi connectivity index (χ4n) is 1.80. The molecule has 1 unspecified atom stereocenters. The minimum atomic E-state index is 0.216. The maximum absolute atomic E-state index is 11.6. The highest BCUT2D eigenvalue weighted by Crippen LogP contribution is 2.23. The van der Waals surface area contributed by atoms with Crippen LogP contribution in [-0.2, 0) is 11.3 Å². The number of hydrogen-bond acceptors (Lipinski definition) is 2. The van der Waals surface area contributed by atoms with Gasteiger partial charge in [0.15, 0.2) is 0 Å². The van der Waals surface area contributed by atoms with Crippen molar-refractivity contribution in [3.8, 4) is 0 Å². The lowest BCUT2D eigenvalue weighted by Crippen LogP contribution is -2.23. The Hall–Kier alpha value is -1.32. The van der Waals surface area contributed by atoms with Gasteiger partial charge in [-0.05, 0) is 12.8 Å². The second-order valence-corrected chi connectivity index (χ2v) is 3.87. The van der Waals surface area contributed by atoms with Crippen molar-refractivity contribution in [1.82, 2.24) is 9.78 Å². The zero-order valence-electron chi connectivity index (χ0n) is 8.60. The van der Waals surface area contributed by atoms with Crippen molar-refractivity contribution < 1.29 is 4.79 Å². The third-order valence-corrected chi connectivity index (χ3v) is 2.57. The van der Waals surface area contributed by atoms with Crippen molar-refractivity contribution in [2.24, 2.45) is 5.92 Å². The van der Waals surface area contributed by atoms with Crippen LogP contribution in [0.3, 0.4) is 0 Å². The van der Waals surface area contributed by atoms with Gasteiger partial charge >= 0.3 is 0 Å². The third-order valence-electron chi connectivity index (χ3n) is 2.57. The van der Waals surface area contributed by atoms with Gasteiger partial charge in [-0.15, -0.1) is 0 Å². The van der Waals surface area contributed by atoms with E-state index >= 15 is 0 Å². The van der Waals surface area contributed by atoms with E-state index in [0.717, 1.165) is 18.8 Å². The van der Waals surface area contributed by atoms with Gasteiger partial charge in [0.2, 0.25) is 5.91 Å². The summed E-state index contributed by atoms with van der Waals surface area (Å²) in [6.45, 7) is 5.80. The SMILES string of the molecule is CCn1cc(N2CC(C)CC2=O)cn1. The number of rotatable bonds is 2. The molecule has 1 aliphatic rings. The number of aryl methyl sites for hydroxylation is 1. The van der Waals surface area contributed by atoms with Crippen LogP contribution in [0.1, 0.15) is 20.3 Å². The molecule has 2 heterocycles. The summed E-state index contributed by atoms with van der Waals surface area (Å²) < 4.78 is 1.84. The second-order valence-electron chi connectivity index (χ2n) is 3.87. The number of amides is 1. The van der Waals surface area contributed by atoms with Crippen molar-refractivity contribution in [3.63, 3.8) is 0 Å². The molecule has 0 spiro atoms. The summed E-state index contributed by atoms with van der Waals surface area (Å²) in [5.41, 5.74) is 0.932. The zero-order chi connectivity index (χ0) is 10.1. The molecule has 1 aromatic rings. The highest BCUT2D eigenvalue weighted by Gasteiger charge is 2.28.